The van der Waals surface area contributed by atoms with Crippen molar-refractivity contribution in [2.75, 3.05) is 6.54 Å². The van der Waals surface area contributed by atoms with Crippen LogP contribution in [0.2, 0.25) is 0 Å². The molecule has 6 heteroatoms. The Bertz CT molecular complexity index is 953. The summed E-state index contributed by atoms with van der Waals surface area (Å²) >= 11 is 1.41. The van der Waals surface area contributed by atoms with E-state index in [1.165, 1.54) is 23.5 Å². The molecule has 0 N–H and O–H groups in total. The maximum atomic E-state index is 13.1. The number of carbonyl (C=O) groups is 1. The predicted molar refractivity (Wildman–Crippen MR) is 108 cm³/mol. The number of aromatic nitrogens is 2. The molecular weight excluding hydrogens is 373 g/mol. The number of hydrogen-bond donors (Lipinski definition) is 0. The summed E-state index contributed by atoms with van der Waals surface area (Å²) in [6, 6.07) is 10.6. The van der Waals surface area contributed by atoms with E-state index in [2.05, 4.69) is 16.0 Å². The molecule has 1 atom stereocenters. The van der Waals surface area contributed by atoms with Gasteiger partial charge < -0.3 is 4.90 Å². The van der Waals surface area contributed by atoms with Crippen LogP contribution in [0.15, 0.2) is 48.1 Å². The van der Waals surface area contributed by atoms with E-state index < -0.39 is 0 Å². The van der Waals surface area contributed by atoms with Crippen LogP contribution in [-0.2, 0) is 6.42 Å². The Morgan fingerprint density at radius 1 is 1.18 bits per heavy atom. The Morgan fingerprint density at radius 2 is 2.00 bits per heavy atom. The summed E-state index contributed by atoms with van der Waals surface area (Å²) in [7, 11) is 0. The Labute approximate surface area is 168 Å². The van der Waals surface area contributed by atoms with E-state index >= 15 is 0 Å². The van der Waals surface area contributed by atoms with Gasteiger partial charge in [-0.25, -0.2) is 9.37 Å². The Hall–Kier alpha value is -2.60. The standard InChI is InChI=1S/C22H22FN3OS/c1-15-21(28-14-25-15)22(27)26-11-3-2-4-20(26)17-7-10-19(24-13-17)12-16-5-8-18(23)9-6-16/h5-10,13-14,20H,2-4,11-12H2,1H3. The van der Waals surface area contributed by atoms with Crippen molar-refractivity contribution in [2.45, 2.75) is 38.6 Å². The van der Waals surface area contributed by atoms with Crippen molar-refractivity contribution in [3.63, 3.8) is 0 Å². The van der Waals surface area contributed by atoms with E-state index in [0.717, 1.165) is 53.2 Å². The van der Waals surface area contributed by atoms with Crippen LogP contribution in [0.3, 0.4) is 0 Å². The quantitative estimate of drug-likeness (QED) is 0.628. The van der Waals surface area contributed by atoms with Crippen LogP contribution in [0.5, 0.6) is 0 Å². The summed E-state index contributed by atoms with van der Waals surface area (Å²) in [6.07, 6.45) is 5.62. The lowest BCUT2D eigenvalue weighted by Crippen LogP contribution is -2.38. The number of hydrogen-bond acceptors (Lipinski definition) is 4. The number of piperidine rings is 1. The minimum Gasteiger partial charge on any atom is -0.331 e. The fraction of sp³-hybridized carbons (Fsp3) is 0.318. The molecule has 1 aromatic carbocycles. The van der Waals surface area contributed by atoms with Gasteiger partial charge in [0, 0.05) is 24.9 Å². The molecule has 1 fully saturated rings. The second-order valence-electron chi connectivity index (χ2n) is 7.16. The zero-order valence-corrected chi connectivity index (χ0v) is 16.6. The molecule has 1 amide bonds. The highest BCUT2D eigenvalue weighted by Crippen LogP contribution is 2.33. The summed E-state index contributed by atoms with van der Waals surface area (Å²) in [5, 5.41) is 0. The number of carbonyl (C=O) groups excluding carboxylic acids is 1. The molecule has 3 heterocycles. The van der Waals surface area contributed by atoms with Crippen LogP contribution in [0.4, 0.5) is 4.39 Å². The minimum atomic E-state index is -0.231. The molecule has 3 aromatic rings. The molecule has 0 spiro atoms. The highest BCUT2D eigenvalue weighted by atomic mass is 32.1. The number of halogens is 1. The maximum Gasteiger partial charge on any atom is 0.266 e. The van der Waals surface area contributed by atoms with Gasteiger partial charge in [-0.2, -0.15) is 0 Å². The normalized spacial score (nSPS) is 16.9. The van der Waals surface area contributed by atoms with Crippen molar-refractivity contribution in [2.24, 2.45) is 0 Å². The number of amides is 1. The van der Waals surface area contributed by atoms with Crippen LogP contribution in [0.1, 0.15) is 57.5 Å². The van der Waals surface area contributed by atoms with Crippen LogP contribution in [-0.4, -0.2) is 27.3 Å². The third-order valence-electron chi connectivity index (χ3n) is 5.23. The lowest BCUT2D eigenvalue weighted by Gasteiger charge is -2.35. The van der Waals surface area contributed by atoms with Crippen molar-refractivity contribution in [1.29, 1.82) is 0 Å². The fourth-order valence-corrected chi connectivity index (χ4v) is 4.47. The van der Waals surface area contributed by atoms with E-state index in [1.807, 2.05) is 24.1 Å². The largest absolute Gasteiger partial charge is 0.331 e. The summed E-state index contributed by atoms with van der Waals surface area (Å²) in [4.78, 5) is 24.6. The molecule has 28 heavy (non-hydrogen) atoms. The second kappa shape index (κ2) is 8.19. The highest BCUT2D eigenvalue weighted by molar-refractivity contribution is 7.11. The van der Waals surface area contributed by atoms with Gasteiger partial charge in [-0.3, -0.25) is 9.78 Å². The molecule has 1 aliphatic heterocycles. The van der Waals surface area contributed by atoms with Crippen LogP contribution < -0.4 is 0 Å². The summed E-state index contributed by atoms with van der Waals surface area (Å²) in [6.45, 7) is 2.65. The molecule has 0 radical (unpaired) electrons. The van der Waals surface area contributed by atoms with Crippen LogP contribution in [0, 0.1) is 12.7 Å². The van der Waals surface area contributed by atoms with Gasteiger partial charge >= 0.3 is 0 Å². The molecule has 4 nitrogen and oxygen atoms in total. The zero-order valence-electron chi connectivity index (χ0n) is 15.8. The average Bonchev–Trinajstić information content (AvgIpc) is 3.16. The maximum absolute atomic E-state index is 13.1. The van der Waals surface area contributed by atoms with Gasteiger partial charge in [0.1, 0.15) is 10.7 Å². The molecule has 1 aliphatic rings. The molecule has 4 rings (SSSR count). The van der Waals surface area contributed by atoms with Crippen LogP contribution in [0.25, 0.3) is 0 Å². The second-order valence-corrected chi connectivity index (χ2v) is 8.02. The molecular formula is C22H22FN3OS. The zero-order chi connectivity index (χ0) is 19.5. The van der Waals surface area contributed by atoms with Gasteiger partial charge in [0.05, 0.1) is 17.2 Å². The number of benzene rings is 1. The summed E-state index contributed by atoms with van der Waals surface area (Å²) in [5.41, 5.74) is 5.55. The van der Waals surface area contributed by atoms with E-state index in [-0.39, 0.29) is 17.8 Å². The first-order valence-electron chi connectivity index (χ1n) is 9.52. The van der Waals surface area contributed by atoms with Gasteiger partial charge in [-0.1, -0.05) is 18.2 Å². The number of rotatable bonds is 4. The van der Waals surface area contributed by atoms with E-state index in [0.29, 0.717) is 6.42 Å². The van der Waals surface area contributed by atoms with Crippen molar-refractivity contribution >= 4 is 17.2 Å². The van der Waals surface area contributed by atoms with E-state index in [1.54, 1.807) is 17.6 Å². The third kappa shape index (κ3) is 3.97. The number of pyridine rings is 1. The number of likely N-dealkylation sites (tertiary alicyclic amines) is 1. The SMILES string of the molecule is Cc1ncsc1C(=O)N1CCCCC1c1ccc(Cc2ccc(F)cc2)nc1. The Kier molecular flexibility index (Phi) is 5.48. The summed E-state index contributed by atoms with van der Waals surface area (Å²) < 4.78 is 13.1. The lowest BCUT2D eigenvalue weighted by atomic mass is 9.95. The fourth-order valence-electron chi connectivity index (χ4n) is 3.71. The number of nitrogens with zero attached hydrogens (tertiary/aromatic N) is 3. The van der Waals surface area contributed by atoms with E-state index in [4.69, 9.17) is 0 Å². The third-order valence-corrected chi connectivity index (χ3v) is 6.15. The number of thiazole rings is 1. The van der Waals surface area contributed by atoms with Gasteiger partial charge in [0.15, 0.2) is 0 Å². The highest BCUT2D eigenvalue weighted by Gasteiger charge is 2.30. The van der Waals surface area contributed by atoms with E-state index in [9.17, 15) is 9.18 Å². The molecule has 0 saturated carbocycles. The molecule has 0 bridgehead atoms. The summed E-state index contributed by atoms with van der Waals surface area (Å²) in [5.74, 6) is -0.162. The smallest absolute Gasteiger partial charge is 0.266 e. The Morgan fingerprint density at radius 3 is 2.68 bits per heavy atom. The molecule has 2 aromatic heterocycles. The first-order valence-corrected chi connectivity index (χ1v) is 10.4. The molecule has 0 aliphatic carbocycles. The number of aryl methyl sites for hydroxylation is 1. The monoisotopic (exact) mass is 395 g/mol. The molecule has 1 saturated heterocycles. The lowest BCUT2D eigenvalue weighted by molar-refractivity contribution is 0.0615. The van der Waals surface area contributed by atoms with Crippen molar-refractivity contribution in [3.8, 4) is 0 Å². The average molecular weight is 396 g/mol. The van der Waals surface area contributed by atoms with Gasteiger partial charge in [-0.15, -0.1) is 11.3 Å². The minimum absolute atomic E-state index is 0.0510. The molecule has 1 unspecified atom stereocenters. The molecule has 144 valence electrons. The van der Waals surface area contributed by atoms with Crippen molar-refractivity contribution in [3.05, 3.63) is 81.3 Å². The van der Waals surface area contributed by atoms with Crippen molar-refractivity contribution in [1.82, 2.24) is 14.9 Å². The topological polar surface area (TPSA) is 46.1 Å². The van der Waals surface area contributed by atoms with Crippen molar-refractivity contribution < 1.29 is 9.18 Å². The first-order chi connectivity index (χ1) is 13.6. The van der Waals surface area contributed by atoms with Gasteiger partial charge in [0.25, 0.3) is 5.91 Å². The van der Waals surface area contributed by atoms with Gasteiger partial charge in [-0.05, 0) is 55.5 Å². The van der Waals surface area contributed by atoms with Gasteiger partial charge in [0.2, 0.25) is 0 Å². The Balaban J connectivity index is 1.52. The first kappa shape index (κ1) is 18.7. The van der Waals surface area contributed by atoms with Crippen LogP contribution >= 0.6 is 11.3 Å². The predicted octanol–water partition coefficient (Wildman–Crippen LogP) is 4.94.